The van der Waals surface area contributed by atoms with E-state index in [1.165, 1.54) is 0 Å². The van der Waals surface area contributed by atoms with Crippen LogP contribution in [0.5, 0.6) is 0 Å². The molecule has 8 heteroatoms. The van der Waals surface area contributed by atoms with Crippen LogP contribution in [0.25, 0.3) is 0 Å². The Morgan fingerprint density at radius 3 is 2.33 bits per heavy atom. The first kappa shape index (κ1) is 22.8. The molecular weight excluding hydrogens is 466 g/mol. The van der Waals surface area contributed by atoms with E-state index in [4.69, 9.17) is 46.4 Å². The maximum atomic E-state index is 12.9. The molecule has 1 heterocycles. The molecule has 0 bridgehead atoms. The summed E-state index contributed by atoms with van der Waals surface area (Å²) in [6.07, 6.45) is 1.43. The third kappa shape index (κ3) is 4.73. The molecule has 0 fully saturated rings. The van der Waals surface area contributed by atoms with Crippen molar-refractivity contribution in [2.75, 3.05) is 13.6 Å². The zero-order valence-electron chi connectivity index (χ0n) is 16.2. The number of hydrogen-bond acceptors (Lipinski definition) is 3. The van der Waals surface area contributed by atoms with Gasteiger partial charge in [-0.05, 0) is 48.2 Å². The van der Waals surface area contributed by atoms with Gasteiger partial charge < -0.3 is 15.3 Å². The first-order valence-electron chi connectivity index (χ1n) is 9.23. The minimum absolute atomic E-state index is 0.129. The second-order valence-corrected chi connectivity index (χ2v) is 8.63. The molecule has 0 aromatic heterocycles. The van der Waals surface area contributed by atoms with E-state index in [9.17, 15) is 9.90 Å². The lowest BCUT2D eigenvalue weighted by Crippen LogP contribution is -2.30. The number of amides is 1. The summed E-state index contributed by atoms with van der Waals surface area (Å²) in [6, 6.07) is 10.1. The van der Waals surface area contributed by atoms with E-state index in [0.717, 1.165) is 17.5 Å². The lowest BCUT2D eigenvalue weighted by Gasteiger charge is -2.25. The molecule has 1 aliphatic rings. The minimum Gasteiger partial charge on any atom is -0.505 e. The van der Waals surface area contributed by atoms with Gasteiger partial charge in [-0.3, -0.25) is 4.79 Å². The van der Waals surface area contributed by atoms with Crippen LogP contribution in [0.3, 0.4) is 0 Å². The Morgan fingerprint density at radius 2 is 1.70 bits per heavy atom. The fourth-order valence-electron chi connectivity index (χ4n) is 3.39. The van der Waals surface area contributed by atoms with Crippen LogP contribution in [-0.2, 0) is 11.2 Å². The Bertz CT molecular complexity index is 1040. The van der Waals surface area contributed by atoms with E-state index in [-0.39, 0.29) is 17.2 Å². The Labute approximate surface area is 195 Å². The van der Waals surface area contributed by atoms with Gasteiger partial charge in [-0.25, -0.2) is 0 Å². The van der Waals surface area contributed by atoms with E-state index in [0.29, 0.717) is 38.8 Å². The van der Waals surface area contributed by atoms with Crippen LogP contribution in [0, 0.1) is 0 Å². The van der Waals surface area contributed by atoms with Crippen LogP contribution < -0.4 is 5.32 Å². The van der Waals surface area contributed by atoms with Crippen LogP contribution in [0.2, 0.25) is 20.1 Å². The van der Waals surface area contributed by atoms with Crippen LogP contribution in [0.1, 0.15) is 23.6 Å². The fraction of sp³-hybridized carbons (Fsp3) is 0.227. The van der Waals surface area contributed by atoms with Crippen LogP contribution in [-0.4, -0.2) is 29.5 Å². The van der Waals surface area contributed by atoms with Crippen LogP contribution in [0.4, 0.5) is 0 Å². The summed E-state index contributed by atoms with van der Waals surface area (Å²) in [4.78, 5) is 14.6. The number of benzene rings is 2. The molecule has 2 aromatic rings. The maximum Gasteiger partial charge on any atom is 0.253 e. The van der Waals surface area contributed by atoms with Gasteiger partial charge in [0.25, 0.3) is 5.91 Å². The van der Waals surface area contributed by atoms with Gasteiger partial charge >= 0.3 is 0 Å². The lowest BCUT2D eigenvalue weighted by atomic mass is 9.99. The average Bonchev–Trinajstić information content (AvgIpc) is 2.94. The van der Waals surface area contributed by atoms with Crippen molar-refractivity contribution >= 4 is 52.3 Å². The normalized spacial score (nSPS) is 16.4. The molecule has 0 aliphatic carbocycles. The van der Waals surface area contributed by atoms with Crippen LogP contribution in [0.15, 0.2) is 60.0 Å². The third-order valence-corrected chi connectivity index (χ3v) is 6.51. The number of carbonyl (C=O) groups excluding carboxylic acids is 1. The summed E-state index contributed by atoms with van der Waals surface area (Å²) in [6.45, 7) is 4.30. The smallest absolute Gasteiger partial charge is 0.253 e. The highest BCUT2D eigenvalue weighted by molar-refractivity contribution is 6.42. The molecule has 0 spiro atoms. The number of halogens is 4. The largest absolute Gasteiger partial charge is 0.505 e. The molecule has 2 N–H and O–H groups in total. The lowest BCUT2D eigenvalue weighted by molar-refractivity contribution is -0.118. The molecule has 4 nitrogen and oxygen atoms in total. The highest BCUT2D eigenvalue weighted by Gasteiger charge is 2.38. The molecule has 0 saturated carbocycles. The fourth-order valence-corrected chi connectivity index (χ4v) is 4.02. The van der Waals surface area contributed by atoms with E-state index in [2.05, 4.69) is 11.9 Å². The highest BCUT2D eigenvalue weighted by Crippen LogP contribution is 2.41. The summed E-state index contributed by atoms with van der Waals surface area (Å²) in [5.74, 6) is -0.487. The molecule has 3 rings (SSSR count). The summed E-state index contributed by atoms with van der Waals surface area (Å²) in [5, 5.41) is 15.2. The molecule has 1 unspecified atom stereocenters. The van der Waals surface area contributed by atoms with Crippen molar-refractivity contribution in [1.29, 1.82) is 0 Å². The van der Waals surface area contributed by atoms with Gasteiger partial charge in [0, 0.05) is 13.6 Å². The molecule has 1 atom stereocenters. The number of aryl methyl sites for hydroxylation is 1. The van der Waals surface area contributed by atoms with E-state index < -0.39 is 6.04 Å². The standard InChI is InChI=1S/C22H20Cl4N2O2/c1-12-21(29)19(20(28(12)2)14-6-8-16(24)18(26)11-14)22(30)27-9-3-4-13-5-7-15(23)17(25)10-13/h5-8,10-11,20,29H,1,3-4,9H2,2H3,(H,27,30). The second kappa shape index (κ2) is 9.52. The van der Waals surface area contributed by atoms with Gasteiger partial charge in [-0.15, -0.1) is 0 Å². The van der Waals surface area contributed by atoms with Gasteiger partial charge in [0.15, 0.2) is 0 Å². The number of nitrogens with one attached hydrogen (secondary N) is 1. The number of hydrogen-bond donors (Lipinski definition) is 2. The zero-order chi connectivity index (χ0) is 22.0. The van der Waals surface area contributed by atoms with Crippen molar-refractivity contribution in [1.82, 2.24) is 10.2 Å². The monoisotopic (exact) mass is 484 g/mol. The van der Waals surface area contributed by atoms with Gasteiger partial charge in [0.1, 0.15) is 5.76 Å². The van der Waals surface area contributed by atoms with Crippen molar-refractivity contribution in [2.45, 2.75) is 18.9 Å². The molecule has 2 aromatic carbocycles. The molecule has 0 radical (unpaired) electrons. The zero-order valence-corrected chi connectivity index (χ0v) is 19.2. The average molecular weight is 486 g/mol. The van der Waals surface area contributed by atoms with Gasteiger partial charge in [0.2, 0.25) is 0 Å². The SMILES string of the molecule is C=C1C(O)=C(C(=O)NCCCc2ccc(Cl)c(Cl)c2)C(c2ccc(Cl)c(Cl)c2)N1C. The van der Waals surface area contributed by atoms with Crippen LogP contribution >= 0.6 is 46.4 Å². The molecule has 1 aliphatic heterocycles. The van der Waals surface area contributed by atoms with Gasteiger partial charge in [-0.2, -0.15) is 0 Å². The minimum atomic E-state index is -0.512. The molecule has 1 amide bonds. The van der Waals surface area contributed by atoms with E-state index >= 15 is 0 Å². The first-order valence-corrected chi connectivity index (χ1v) is 10.7. The molecule has 158 valence electrons. The van der Waals surface area contributed by atoms with Gasteiger partial charge in [-0.1, -0.05) is 65.1 Å². The maximum absolute atomic E-state index is 12.9. The summed E-state index contributed by atoms with van der Waals surface area (Å²) in [7, 11) is 1.76. The number of likely N-dealkylation sites (N-methyl/N-ethyl adjacent to an activating group) is 1. The summed E-state index contributed by atoms with van der Waals surface area (Å²) in [5.41, 5.74) is 2.36. The quantitative estimate of drug-likeness (QED) is 0.468. The molecule has 0 saturated heterocycles. The van der Waals surface area contributed by atoms with Crippen molar-refractivity contribution in [3.8, 4) is 0 Å². The van der Waals surface area contributed by atoms with Crippen molar-refractivity contribution in [2.24, 2.45) is 0 Å². The van der Waals surface area contributed by atoms with Crippen molar-refractivity contribution in [3.63, 3.8) is 0 Å². The summed E-state index contributed by atoms with van der Waals surface area (Å²) < 4.78 is 0. The Morgan fingerprint density at radius 1 is 1.07 bits per heavy atom. The third-order valence-electron chi connectivity index (χ3n) is 5.03. The number of carbonyl (C=O) groups is 1. The van der Waals surface area contributed by atoms with Gasteiger partial charge in [0.05, 0.1) is 37.4 Å². The Balaban J connectivity index is 1.69. The first-order chi connectivity index (χ1) is 14.2. The predicted molar refractivity (Wildman–Crippen MR) is 124 cm³/mol. The highest BCUT2D eigenvalue weighted by atomic mass is 35.5. The number of nitrogens with zero attached hydrogens (tertiary/aromatic N) is 1. The van der Waals surface area contributed by atoms with Crippen molar-refractivity contribution < 1.29 is 9.90 Å². The number of aliphatic hydroxyl groups excluding tert-OH is 1. The Hall–Kier alpha value is -1.85. The topological polar surface area (TPSA) is 52.6 Å². The molecule has 30 heavy (non-hydrogen) atoms. The summed E-state index contributed by atoms with van der Waals surface area (Å²) >= 11 is 24.1. The number of aliphatic hydroxyl groups is 1. The predicted octanol–water partition coefficient (Wildman–Crippen LogP) is 6.36. The Kier molecular flexibility index (Phi) is 7.25. The number of rotatable bonds is 6. The van der Waals surface area contributed by atoms with Crippen molar-refractivity contribution in [3.05, 3.63) is 91.2 Å². The van der Waals surface area contributed by atoms with E-state index in [1.54, 1.807) is 36.2 Å². The van der Waals surface area contributed by atoms with E-state index in [1.807, 2.05) is 12.1 Å². The molecular formula is C22H20Cl4N2O2. The second-order valence-electron chi connectivity index (χ2n) is 7.00.